The van der Waals surface area contributed by atoms with Crippen molar-refractivity contribution in [3.8, 4) is 0 Å². The van der Waals surface area contributed by atoms with E-state index in [9.17, 15) is 9.90 Å². The Hall–Kier alpha value is -1.36. The van der Waals surface area contributed by atoms with E-state index in [0.717, 1.165) is 25.8 Å². The zero-order valence-electron chi connectivity index (χ0n) is 10.1. The van der Waals surface area contributed by atoms with Crippen molar-refractivity contribution in [2.45, 2.75) is 19.3 Å². The van der Waals surface area contributed by atoms with Crippen LogP contribution < -0.4 is 10.9 Å². The lowest BCUT2D eigenvalue weighted by molar-refractivity contribution is 0.199. The molecular weight excluding hydrogens is 218 g/mol. The minimum absolute atomic E-state index is 0.106. The van der Waals surface area contributed by atoms with E-state index in [1.807, 2.05) is 0 Å². The van der Waals surface area contributed by atoms with Gasteiger partial charge in [-0.15, -0.1) is 0 Å². The van der Waals surface area contributed by atoms with Gasteiger partial charge in [-0.3, -0.25) is 4.79 Å². The van der Waals surface area contributed by atoms with Crippen LogP contribution in [0.3, 0.4) is 0 Å². The maximum absolute atomic E-state index is 11.7. The van der Waals surface area contributed by atoms with Crippen LogP contribution in [0.25, 0.3) is 0 Å². The summed E-state index contributed by atoms with van der Waals surface area (Å²) >= 11 is 0. The van der Waals surface area contributed by atoms with Gasteiger partial charge in [0.25, 0.3) is 5.56 Å². The second-order valence-corrected chi connectivity index (χ2v) is 4.71. The van der Waals surface area contributed by atoms with Crippen LogP contribution in [0.15, 0.2) is 17.2 Å². The third-order valence-electron chi connectivity index (χ3n) is 3.60. The number of aryl methyl sites for hydroxylation is 1. The van der Waals surface area contributed by atoms with E-state index in [-0.39, 0.29) is 12.2 Å². The molecule has 1 saturated carbocycles. The second kappa shape index (κ2) is 5.31. The van der Waals surface area contributed by atoms with Crippen molar-refractivity contribution < 1.29 is 5.11 Å². The minimum Gasteiger partial charge on any atom is -0.396 e. The lowest BCUT2D eigenvalue weighted by Gasteiger charge is -2.17. The van der Waals surface area contributed by atoms with E-state index in [1.54, 1.807) is 19.4 Å². The number of nitrogens with one attached hydrogen (secondary N) is 1. The molecule has 1 aliphatic carbocycles. The molecule has 17 heavy (non-hydrogen) atoms. The molecular formula is C12H19N3O2. The fraction of sp³-hybridized carbons (Fsp3) is 0.667. The number of hydrogen-bond donors (Lipinski definition) is 2. The molecule has 0 aromatic carbocycles. The lowest BCUT2D eigenvalue weighted by Crippen LogP contribution is -2.26. The largest absolute Gasteiger partial charge is 0.396 e. The van der Waals surface area contributed by atoms with Gasteiger partial charge in [0, 0.05) is 32.6 Å². The molecule has 5 heteroatoms. The smallest absolute Gasteiger partial charge is 0.293 e. The molecule has 0 amide bonds. The number of aliphatic hydroxyl groups is 1. The first-order chi connectivity index (χ1) is 8.22. The fourth-order valence-electron chi connectivity index (χ4n) is 2.47. The fourth-order valence-corrected chi connectivity index (χ4v) is 2.47. The van der Waals surface area contributed by atoms with Crippen molar-refractivity contribution in [2.24, 2.45) is 18.9 Å². The number of aromatic nitrogens is 2. The molecule has 1 aliphatic rings. The highest BCUT2D eigenvalue weighted by molar-refractivity contribution is 5.30. The predicted molar refractivity (Wildman–Crippen MR) is 65.9 cm³/mol. The normalized spacial score (nSPS) is 23.9. The molecule has 2 rings (SSSR count). The lowest BCUT2D eigenvalue weighted by atomic mass is 9.97. The third kappa shape index (κ3) is 2.66. The number of nitrogens with zero attached hydrogens (tertiary/aromatic N) is 2. The molecule has 1 fully saturated rings. The average molecular weight is 237 g/mol. The van der Waals surface area contributed by atoms with Crippen LogP contribution in [0, 0.1) is 11.8 Å². The standard InChI is InChI=1S/C12H19N3O2/c1-15-6-5-13-11(12(15)17)14-7-9-3-2-4-10(9)8-16/h5-6,9-10,16H,2-4,7-8H2,1H3,(H,13,14). The van der Waals surface area contributed by atoms with Crippen molar-refractivity contribution in [3.63, 3.8) is 0 Å². The van der Waals surface area contributed by atoms with E-state index in [1.165, 1.54) is 4.57 Å². The van der Waals surface area contributed by atoms with Gasteiger partial charge in [0.15, 0.2) is 5.82 Å². The van der Waals surface area contributed by atoms with Crippen molar-refractivity contribution in [3.05, 3.63) is 22.7 Å². The Morgan fingerprint density at radius 2 is 2.29 bits per heavy atom. The van der Waals surface area contributed by atoms with Crippen LogP contribution in [0.2, 0.25) is 0 Å². The van der Waals surface area contributed by atoms with E-state index in [2.05, 4.69) is 10.3 Å². The molecule has 2 N–H and O–H groups in total. The van der Waals surface area contributed by atoms with Crippen LogP contribution >= 0.6 is 0 Å². The molecule has 0 saturated heterocycles. The molecule has 1 aromatic heterocycles. The van der Waals surface area contributed by atoms with Gasteiger partial charge in [-0.05, 0) is 24.7 Å². The van der Waals surface area contributed by atoms with Crippen molar-refractivity contribution >= 4 is 5.82 Å². The van der Waals surface area contributed by atoms with Crippen molar-refractivity contribution in [1.82, 2.24) is 9.55 Å². The maximum Gasteiger partial charge on any atom is 0.293 e. The molecule has 0 radical (unpaired) electrons. The van der Waals surface area contributed by atoms with Crippen molar-refractivity contribution in [1.29, 1.82) is 0 Å². The topological polar surface area (TPSA) is 67.2 Å². The monoisotopic (exact) mass is 237 g/mol. The van der Waals surface area contributed by atoms with E-state index < -0.39 is 0 Å². The minimum atomic E-state index is -0.106. The number of anilines is 1. The van der Waals surface area contributed by atoms with Gasteiger partial charge in [0.05, 0.1) is 0 Å². The Morgan fingerprint density at radius 3 is 3.06 bits per heavy atom. The molecule has 2 unspecified atom stereocenters. The summed E-state index contributed by atoms with van der Waals surface area (Å²) in [7, 11) is 1.71. The summed E-state index contributed by atoms with van der Waals surface area (Å²) in [5.41, 5.74) is -0.106. The van der Waals surface area contributed by atoms with Crippen LogP contribution in [-0.4, -0.2) is 27.8 Å². The average Bonchev–Trinajstić information content (AvgIpc) is 2.78. The maximum atomic E-state index is 11.7. The quantitative estimate of drug-likeness (QED) is 0.804. The summed E-state index contributed by atoms with van der Waals surface area (Å²) < 4.78 is 1.51. The van der Waals surface area contributed by atoms with Crippen LogP contribution in [0.5, 0.6) is 0 Å². The van der Waals surface area contributed by atoms with Crippen LogP contribution in [0.4, 0.5) is 5.82 Å². The summed E-state index contributed by atoms with van der Waals surface area (Å²) in [4.78, 5) is 15.8. The van der Waals surface area contributed by atoms with E-state index in [0.29, 0.717) is 17.7 Å². The highest BCUT2D eigenvalue weighted by atomic mass is 16.3. The molecule has 0 spiro atoms. The Morgan fingerprint density at radius 1 is 1.53 bits per heavy atom. The second-order valence-electron chi connectivity index (χ2n) is 4.71. The van der Waals surface area contributed by atoms with Gasteiger partial charge < -0.3 is 15.0 Å². The SMILES string of the molecule is Cn1ccnc(NCC2CCCC2CO)c1=O. The van der Waals surface area contributed by atoms with E-state index >= 15 is 0 Å². The van der Waals surface area contributed by atoms with Crippen molar-refractivity contribution in [2.75, 3.05) is 18.5 Å². The summed E-state index contributed by atoms with van der Waals surface area (Å²) in [6, 6.07) is 0. The van der Waals surface area contributed by atoms with Crippen LogP contribution in [-0.2, 0) is 7.05 Å². The summed E-state index contributed by atoms with van der Waals surface area (Å²) in [5.74, 6) is 1.22. The summed E-state index contributed by atoms with van der Waals surface area (Å²) in [5, 5.41) is 12.3. The molecule has 5 nitrogen and oxygen atoms in total. The molecule has 1 aromatic rings. The number of hydrogen-bond acceptors (Lipinski definition) is 4. The zero-order chi connectivity index (χ0) is 12.3. The number of aliphatic hydroxyl groups excluding tert-OH is 1. The van der Waals surface area contributed by atoms with Gasteiger partial charge in [-0.25, -0.2) is 4.98 Å². The zero-order valence-corrected chi connectivity index (χ0v) is 10.1. The highest BCUT2D eigenvalue weighted by Gasteiger charge is 2.26. The third-order valence-corrected chi connectivity index (χ3v) is 3.60. The first-order valence-corrected chi connectivity index (χ1v) is 6.08. The van der Waals surface area contributed by atoms with Gasteiger partial charge in [0.1, 0.15) is 0 Å². The highest BCUT2D eigenvalue weighted by Crippen LogP contribution is 2.31. The first-order valence-electron chi connectivity index (χ1n) is 6.08. The van der Waals surface area contributed by atoms with E-state index in [4.69, 9.17) is 0 Å². The first kappa shape index (κ1) is 12.1. The summed E-state index contributed by atoms with van der Waals surface area (Å²) in [6.45, 7) is 0.962. The molecule has 94 valence electrons. The van der Waals surface area contributed by atoms with Gasteiger partial charge in [0.2, 0.25) is 0 Å². The van der Waals surface area contributed by atoms with Gasteiger partial charge in [-0.1, -0.05) is 6.42 Å². The molecule has 0 aliphatic heterocycles. The number of rotatable bonds is 4. The Labute approximate surface area is 100 Å². The van der Waals surface area contributed by atoms with Gasteiger partial charge >= 0.3 is 0 Å². The predicted octanol–water partition coefficient (Wildman–Crippen LogP) is 0.601. The van der Waals surface area contributed by atoms with Gasteiger partial charge in [-0.2, -0.15) is 0 Å². The Balaban J connectivity index is 1.98. The molecule has 0 bridgehead atoms. The Kier molecular flexibility index (Phi) is 3.78. The molecule has 2 atom stereocenters. The molecule has 1 heterocycles. The Bertz CT molecular complexity index is 430. The van der Waals surface area contributed by atoms with Crippen LogP contribution in [0.1, 0.15) is 19.3 Å². The summed E-state index contributed by atoms with van der Waals surface area (Å²) in [6.07, 6.45) is 6.62.